The van der Waals surface area contributed by atoms with Gasteiger partial charge in [0.2, 0.25) is 5.91 Å². The second-order valence-electron chi connectivity index (χ2n) is 2.17. The van der Waals surface area contributed by atoms with E-state index < -0.39 is 0 Å². The van der Waals surface area contributed by atoms with Gasteiger partial charge in [-0.25, -0.2) is 0 Å². The number of carbonyl (C=O) groups excluding carboxylic acids is 1. The van der Waals surface area contributed by atoms with Gasteiger partial charge < -0.3 is 5.32 Å². The number of rotatable bonds is 4. The van der Waals surface area contributed by atoms with E-state index in [1.807, 2.05) is 0 Å². The Kier molecular flexibility index (Phi) is 5.28. The minimum Gasteiger partial charge on any atom is -0.352 e. The van der Waals surface area contributed by atoms with Crippen LogP contribution in [0, 0.1) is 0 Å². The highest BCUT2D eigenvalue weighted by Crippen LogP contribution is 2.13. The average Bonchev–Trinajstić information content (AvgIpc) is 2.00. The molecule has 4 heteroatoms. The zero-order valence-electron chi connectivity index (χ0n) is 6.93. The molecular weight excluding hydrogens is 220 g/mol. The Morgan fingerprint density at radius 2 is 2.33 bits per heavy atom. The Labute approximate surface area is 80.4 Å². The van der Waals surface area contributed by atoms with E-state index in [0.29, 0.717) is 6.54 Å². The molecule has 1 amide bonds. The van der Waals surface area contributed by atoms with E-state index in [4.69, 9.17) is 0 Å². The molecule has 0 aliphatic heterocycles. The van der Waals surface area contributed by atoms with Crippen molar-refractivity contribution in [2.45, 2.75) is 6.92 Å². The van der Waals surface area contributed by atoms with Crippen LogP contribution in [-0.2, 0) is 4.79 Å². The first kappa shape index (κ1) is 11.1. The predicted octanol–water partition coefficient (Wildman–Crippen LogP) is 1.62. The normalized spacial score (nSPS) is 10.7. The molecule has 0 aliphatic carbocycles. The second kappa shape index (κ2) is 5.71. The molecule has 0 unspecified atom stereocenters. The quantitative estimate of drug-likeness (QED) is 0.579. The molecule has 0 fully saturated rings. The largest absolute Gasteiger partial charge is 0.352 e. The second-order valence-corrected chi connectivity index (χ2v) is 3.03. The highest BCUT2D eigenvalue weighted by atomic mass is 79.9. The first-order valence-electron chi connectivity index (χ1n) is 3.32. The molecule has 0 aliphatic rings. The summed E-state index contributed by atoms with van der Waals surface area (Å²) in [4.78, 5) is 14.1. The summed E-state index contributed by atoms with van der Waals surface area (Å²) in [6.07, 6.45) is 1.53. The molecule has 0 radical (unpaired) electrons. The van der Waals surface area contributed by atoms with Gasteiger partial charge in [0.05, 0.1) is 0 Å². The van der Waals surface area contributed by atoms with E-state index in [-0.39, 0.29) is 5.91 Å². The maximum atomic E-state index is 10.5. The van der Waals surface area contributed by atoms with E-state index in [2.05, 4.69) is 39.5 Å². The van der Waals surface area contributed by atoms with Crippen LogP contribution in [0.5, 0.6) is 0 Å². The third kappa shape index (κ3) is 4.85. The summed E-state index contributed by atoms with van der Waals surface area (Å²) in [5.74, 6) is -0.0805. The first-order valence-corrected chi connectivity index (χ1v) is 4.11. The molecule has 0 rings (SSSR count). The van der Waals surface area contributed by atoms with Gasteiger partial charge in [0.1, 0.15) is 0 Å². The molecule has 3 nitrogen and oxygen atoms in total. The number of nitrogens with one attached hydrogen (secondary N) is 1. The highest BCUT2D eigenvalue weighted by Gasteiger charge is 1.98. The average molecular weight is 231 g/mol. The van der Waals surface area contributed by atoms with Crippen LogP contribution in [0.2, 0.25) is 0 Å². The Morgan fingerprint density at radius 1 is 1.75 bits per heavy atom. The number of amides is 1. The summed E-state index contributed by atoms with van der Waals surface area (Å²) in [5.41, 5.74) is 0.762. The summed E-state index contributed by atoms with van der Waals surface area (Å²) < 4.78 is 0.742. The molecule has 0 saturated carbocycles. The SMILES string of the molecule is C=N/C=C(/Br)C(=C)CNC(C)=O. The van der Waals surface area contributed by atoms with E-state index in [0.717, 1.165) is 10.1 Å². The smallest absolute Gasteiger partial charge is 0.217 e. The predicted molar refractivity (Wildman–Crippen MR) is 54.4 cm³/mol. The van der Waals surface area contributed by atoms with Crippen molar-refractivity contribution in [2.24, 2.45) is 4.99 Å². The highest BCUT2D eigenvalue weighted by molar-refractivity contribution is 9.12. The minimum absolute atomic E-state index is 0.0805. The van der Waals surface area contributed by atoms with Crippen LogP contribution in [0.4, 0.5) is 0 Å². The molecule has 0 bridgehead atoms. The molecule has 0 heterocycles. The number of aliphatic imine (C=N–C) groups is 1. The Hall–Kier alpha value is -0.900. The van der Waals surface area contributed by atoms with Crippen molar-refractivity contribution in [3.8, 4) is 0 Å². The Bertz CT molecular complexity index is 233. The fourth-order valence-electron chi connectivity index (χ4n) is 0.487. The molecule has 0 aromatic heterocycles. The fourth-order valence-corrected chi connectivity index (χ4v) is 0.772. The third-order valence-corrected chi connectivity index (χ3v) is 1.86. The summed E-state index contributed by atoms with van der Waals surface area (Å²) in [6.45, 7) is 8.89. The summed E-state index contributed by atoms with van der Waals surface area (Å²) in [6, 6.07) is 0. The van der Waals surface area contributed by atoms with Crippen molar-refractivity contribution < 1.29 is 4.79 Å². The van der Waals surface area contributed by atoms with Crippen LogP contribution in [0.1, 0.15) is 6.92 Å². The monoisotopic (exact) mass is 230 g/mol. The maximum Gasteiger partial charge on any atom is 0.217 e. The maximum absolute atomic E-state index is 10.5. The lowest BCUT2D eigenvalue weighted by atomic mass is 10.3. The molecule has 0 aromatic rings. The zero-order valence-corrected chi connectivity index (χ0v) is 8.52. The van der Waals surface area contributed by atoms with Crippen LogP contribution >= 0.6 is 15.9 Å². The van der Waals surface area contributed by atoms with Crippen LogP contribution in [-0.4, -0.2) is 19.2 Å². The number of nitrogens with zero attached hydrogens (tertiary/aromatic N) is 1. The Morgan fingerprint density at radius 3 is 2.75 bits per heavy atom. The third-order valence-electron chi connectivity index (χ3n) is 1.09. The molecule has 0 saturated heterocycles. The van der Waals surface area contributed by atoms with Crippen molar-refractivity contribution >= 4 is 28.6 Å². The van der Waals surface area contributed by atoms with Crippen molar-refractivity contribution in [3.05, 3.63) is 22.8 Å². The molecule has 66 valence electrons. The lowest BCUT2D eigenvalue weighted by Gasteiger charge is -2.03. The van der Waals surface area contributed by atoms with Gasteiger partial charge in [0.25, 0.3) is 0 Å². The molecule has 12 heavy (non-hydrogen) atoms. The van der Waals surface area contributed by atoms with Gasteiger partial charge in [-0.1, -0.05) is 6.58 Å². The van der Waals surface area contributed by atoms with Crippen LogP contribution in [0.15, 0.2) is 27.8 Å². The van der Waals surface area contributed by atoms with Gasteiger partial charge in [0.15, 0.2) is 0 Å². The van der Waals surface area contributed by atoms with E-state index >= 15 is 0 Å². The van der Waals surface area contributed by atoms with Crippen molar-refractivity contribution in [1.82, 2.24) is 5.32 Å². The van der Waals surface area contributed by atoms with E-state index in [1.165, 1.54) is 13.1 Å². The van der Waals surface area contributed by atoms with Crippen molar-refractivity contribution in [1.29, 1.82) is 0 Å². The zero-order chi connectivity index (χ0) is 9.56. The summed E-state index contributed by atoms with van der Waals surface area (Å²) in [5, 5.41) is 2.61. The van der Waals surface area contributed by atoms with Gasteiger partial charge in [0, 0.05) is 24.2 Å². The molecule has 0 aromatic carbocycles. The topological polar surface area (TPSA) is 41.5 Å². The van der Waals surface area contributed by atoms with Gasteiger partial charge in [-0.05, 0) is 28.2 Å². The standard InChI is InChI=1S/C8H11BrN2O/c1-6(4-11-7(2)12)8(9)5-10-3/h5H,1,3-4H2,2H3,(H,11,12)/b8-5+. The fraction of sp³-hybridized carbons (Fsp3) is 0.250. The summed E-state index contributed by atoms with van der Waals surface area (Å²) >= 11 is 3.23. The lowest BCUT2D eigenvalue weighted by molar-refractivity contribution is -0.118. The van der Waals surface area contributed by atoms with E-state index in [1.54, 1.807) is 0 Å². The number of hydrogen-bond acceptors (Lipinski definition) is 2. The molecule has 0 spiro atoms. The number of hydrogen-bond donors (Lipinski definition) is 1. The van der Waals surface area contributed by atoms with Gasteiger partial charge in [-0.3, -0.25) is 9.79 Å². The lowest BCUT2D eigenvalue weighted by Crippen LogP contribution is -2.22. The van der Waals surface area contributed by atoms with E-state index in [9.17, 15) is 4.79 Å². The van der Waals surface area contributed by atoms with Crippen LogP contribution in [0.3, 0.4) is 0 Å². The summed E-state index contributed by atoms with van der Waals surface area (Å²) in [7, 11) is 0. The van der Waals surface area contributed by atoms with Crippen molar-refractivity contribution in [3.63, 3.8) is 0 Å². The number of carbonyl (C=O) groups is 1. The molecular formula is C8H11BrN2O. The number of halogens is 1. The Balaban J connectivity index is 3.96. The first-order chi connectivity index (χ1) is 5.57. The van der Waals surface area contributed by atoms with Gasteiger partial charge in [-0.15, -0.1) is 0 Å². The molecule has 1 N–H and O–H groups in total. The minimum atomic E-state index is -0.0805. The molecule has 0 atom stereocenters. The van der Waals surface area contributed by atoms with Gasteiger partial charge >= 0.3 is 0 Å². The van der Waals surface area contributed by atoms with Gasteiger partial charge in [-0.2, -0.15) is 0 Å². The van der Waals surface area contributed by atoms with Crippen LogP contribution < -0.4 is 5.32 Å². The van der Waals surface area contributed by atoms with Crippen LogP contribution in [0.25, 0.3) is 0 Å². The van der Waals surface area contributed by atoms with Crippen molar-refractivity contribution in [2.75, 3.05) is 6.54 Å².